The van der Waals surface area contributed by atoms with Crippen LogP contribution < -0.4 is 19.1 Å². The van der Waals surface area contributed by atoms with E-state index in [-0.39, 0.29) is 30.2 Å². The van der Waals surface area contributed by atoms with Crippen LogP contribution in [0.3, 0.4) is 0 Å². The number of nitrogens with one attached hydrogen (secondary N) is 1. The zero-order valence-corrected chi connectivity index (χ0v) is 15.0. The summed E-state index contributed by atoms with van der Waals surface area (Å²) in [5.41, 5.74) is 1.93. The molecule has 0 saturated carbocycles. The van der Waals surface area contributed by atoms with Crippen LogP contribution in [-0.4, -0.2) is 33.7 Å². The van der Waals surface area contributed by atoms with Gasteiger partial charge in [0.1, 0.15) is 0 Å². The predicted molar refractivity (Wildman–Crippen MR) is 94.8 cm³/mol. The minimum absolute atomic E-state index is 0.00468. The number of carbonyl (C=O) groups excluding carboxylic acids is 1. The number of carbonyl (C=O) groups is 1. The van der Waals surface area contributed by atoms with Crippen molar-refractivity contribution in [3.8, 4) is 11.5 Å². The van der Waals surface area contributed by atoms with Gasteiger partial charge in [0.25, 0.3) is 0 Å². The van der Waals surface area contributed by atoms with Crippen molar-refractivity contribution in [2.45, 2.75) is 24.3 Å². The third kappa shape index (κ3) is 2.91. The maximum Gasteiger partial charge on any atom is 0.242 e. The molecule has 2 aromatic carbocycles. The van der Waals surface area contributed by atoms with Gasteiger partial charge in [-0.1, -0.05) is 18.2 Å². The summed E-state index contributed by atoms with van der Waals surface area (Å²) in [6.07, 6.45) is 0.761. The highest BCUT2D eigenvalue weighted by molar-refractivity contribution is 7.89. The second kappa shape index (κ2) is 6.30. The molecule has 1 amide bonds. The Morgan fingerprint density at radius 2 is 1.96 bits per heavy atom. The Hall–Kier alpha value is -2.58. The number of hydrogen-bond donors (Lipinski definition) is 1. The second-order valence-corrected chi connectivity index (χ2v) is 8.05. The standard InChI is InChI=1S/C18H18N2O5S/c1-12-8-13-4-2-3-5-15(13)20(12)18(21)10-19-26(22,23)14-6-7-16-17(9-14)25-11-24-16/h2-7,9,12,19H,8,10-11H2,1H3. The molecular formula is C18H18N2O5S. The van der Waals surface area contributed by atoms with Crippen LogP contribution in [0.2, 0.25) is 0 Å². The smallest absolute Gasteiger partial charge is 0.242 e. The van der Waals surface area contributed by atoms with Crippen molar-refractivity contribution in [2.75, 3.05) is 18.2 Å². The molecule has 7 nitrogen and oxygen atoms in total. The maximum atomic E-state index is 12.6. The van der Waals surface area contributed by atoms with Gasteiger partial charge in [0.2, 0.25) is 22.7 Å². The molecule has 0 fully saturated rings. The Balaban J connectivity index is 1.49. The van der Waals surface area contributed by atoms with E-state index in [2.05, 4.69) is 4.72 Å². The molecule has 4 rings (SSSR count). The van der Waals surface area contributed by atoms with Crippen molar-refractivity contribution < 1.29 is 22.7 Å². The maximum absolute atomic E-state index is 12.6. The molecule has 136 valence electrons. The number of hydrogen-bond acceptors (Lipinski definition) is 5. The van der Waals surface area contributed by atoms with E-state index in [9.17, 15) is 13.2 Å². The fraction of sp³-hybridized carbons (Fsp3) is 0.278. The average Bonchev–Trinajstić information content (AvgIpc) is 3.22. The van der Waals surface area contributed by atoms with Crippen LogP contribution in [0.1, 0.15) is 12.5 Å². The quantitative estimate of drug-likeness (QED) is 0.880. The van der Waals surface area contributed by atoms with Crippen LogP contribution in [0, 0.1) is 0 Å². The summed E-state index contributed by atoms with van der Waals surface area (Å²) < 4.78 is 37.8. The van der Waals surface area contributed by atoms with Gasteiger partial charge in [0.15, 0.2) is 11.5 Å². The number of benzene rings is 2. The summed E-state index contributed by atoms with van der Waals surface area (Å²) in [6, 6.07) is 12.0. The van der Waals surface area contributed by atoms with Gasteiger partial charge in [0.05, 0.1) is 11.4 Å². The average molecular weight is 374 g/mol. The van der Waals surface area contributed by atoms with Gasteiger partial charge in [-0.2, -0.15) is 0 Å². The number of fused-ring (bicyclic) bond motifs is 2. The molecule has 1 unspecified atom stereocenters. The molecule has 2 heterocycles. The molecule has 1 atom stereocenters. The number of ether oxygens (including phenoxy) is 2. The van der Waals surface area contributed by atoms with Gasteiger partial charge < -0.3 is 14.4 Å². The number of para-hydroxylation sites is 1. The highest BCUT2D eigenvalue weighted by Crippen LogP contribution is 2.34. The summed E-state index contributed by atoms with van der Waals surface area (Å²) in [4.78, 5) is 14.3. The first kappa shape index (κ1) is 16.9. The summed E-state index contributed by atoms with van der Waals surface area (Å²) in [5.74, 6) is 0.593. The predicted octanol–water partition coefficient (Wildman–Crippen LogP) is 1.67. The van der Waals surface area contributed by atoms with Gasteiger partial charge in [0, 0.05) is 17.8 Å². The molecule has 1 N–H and O–H groups in total. The number of sulfonamides is 1. The summed E-state index contributed by atoms with van der Waals surface area (Å²) in [7, 11) is -3.83. The topological polar surface area (TPSA) is 84.9 Å². The minimum Gasteiger partial charge on any atom is -0.454 e. The summed E-state index contributed by atoms with van der Waals surface area (Å²) >= 11 is 0. The summed E-state index contributed by atoms with van der Waals surface area (Å²) in [5, 5.41) is 0. The van der Waals surface area contributed by atoms with Crippen LogP contribution in [0.5, 0.6) is 11.5 Å². The highest BCUT2D eigenvalue weighted by Gasteiger charge is 2.31. The first-order valence-electron chi connectivity index (χ1n) is 8.25. The third-order valence-corrected chi connectivity index (χ3v) is 5.94. The largest absolute Gasteiger partial charge is 0.454 e. The van der Waals surface area contributed by atoms with Crippen molar-refractivity contribution in [3.05, 3.63) is 48.0 Å². The Kier molecular flexibility index (Phi) is 4.08. The molecule has 8 heteroatoms. The van der Waals surface area contributed by atoms with Crippen molar-refractivity contribution in [3.63, 3.8) is 0 Å². The zero-order valence-electron chi connectivity index (χ0n) is 14.1. The Morgan fingerprint density at radius 1 is 1.19 bits per heavy atom. The van der Waals surface area contributed by atoms with E-state index in [1.165, 1.54) is 18.2 Å². The normalized spacial score (nSPS) is 18.0. The molecular weight excluding hydrogens is 356 g/mol. The van der Waals surface area contributed by atoms with E-state index < -0.39 is 10.0 Å². The third-order valence-electron chi connectivity index (χ3n) is 4.54. The van der Waals surface area contributed by atoms with E-state index in [0.717, 1.165) is 17.7 Å². The summed E-state index contributed by atoms with van der Waals surface area (Å²) in [6.45, 7) is 1.71. The first-order chi connectivity index (χ1) is 12.5. The number of anilines is 1. The lowest BCUT2D eigenvalue weighted by molar-refractivity contribution is -0.117. The van der Waals surface area contributed by atoms with E-state index in [4.69, 9.17) is 9.47 Å². The number of amides is 1. The highest BCUT2D eigenvalue weighted by atomic mass is 32.2. The lowest BCUT2D eigenvalue weighted by atomic mass is 10.1. The number of nitrogens with zero attached hydrogens (tertiary/aromatic N) is 1. The molecule has 0 saturated heterocycles. The molecule has 0 aromatic heterocycles. The molecule has 2 aromatic rings. The molecule has 0 radical (unpaired) electrons. The monoisotopic (exact) mass is 374 g/mol. The number of rotatable bonds is 4. The Morgan fingerprint density at radius 3 is 2.81 bits per heavy atom. The Bertz CT molecular complexity index is 973. The van der Waals surface area contributed by atoms with Crippen LogP contribution in [0.4, 0.5) is 5.69 Å². The van der Waals surface area contributed by atoms with E-state index >= 15 is 0 Å². The fourth-order valence-electron chi connectivity index (χ4n) is 3.31. The molecule has 0 bridgehead atoms. The van der Waals surface area contributed by atoms with Crippen molar-refractivity contribution in [2.24, 2.45) is 0 Å². The lowest BCUT2D eigenvalue weighted by Gasteiger charge is -2.23. The van der Waals surface area contributed by atoms with E-state index in [0.29, 0.717) is 11.5 Å². The molecule has 2 aliphatic rings. The molecule has 0 spiro atoms. The lowest BCUT2D eigenvalue weighted by Crippen LogP contribution is -2.43. The molecule has 2 aliphatic heterocycles. The Labute approximate surface area is 151 Å². The SMILES string of the molecule is CC1Cc2ccccc2N1C(=O)CNS(=O)(=O)c1ccc2c(c1)OCO2. The fourth-order valence-corrected chi connectivity index (χ4v) is 4.30. The van der Waals surface area contributed by atoms with E-state index in [1.807, 2.05) is 31.2 Å². The minimum atomic E-state index is -3.83. The van der Waals surface area contributed by atoms with Gasteiger partial charge in [-0.25, -0.2) is 13.1 Å². The van der Waals surface area contributed by atoms with Crippen LogP contribution >= 0.6 is 0 Å². The van der Waals surface area contributed by atoms with Gasteiger partial charge in [-0.3, -0.25) is 4.79 Å². The second-order valence-electron chi connectivity index (χ2n) is 6.29. The van der Waals surface area contributed by atoms with Crippen molar-refractivity contribution >= 4 is 21.6 Å². The van der Waals surface area contributed by atoms with Gasteiger partial charge >= 0.3 is 0 Å². The van der Waals surface area contributed by atoms with Crippen molar-refractivity contribution in [1.82, 2.24) is 4.72 Å². The van der Waals surface area contributed by atoms with Gasteiger partial charge in [-0.05, 0) is 37.1 Å². The first-order valence-corrected chi connectivity index (χ1v) is 9.73. The van der Waals surface area contributed by atoms with Crippen molar-refractivity contribution in [1.29, 1.82) is 0 Å². The molecule has 0 aliphatic carbocycles. The van der Waals surface area contributed by atoms with Crippen LogP contribution in [0.25, 0.3) is 0 Å². The molecule has 26 heavy (non-hydrogen) atoms. The zero-order chi connectivity index (χ0) is 18.3. The van der Waals surface area contributed by atoms with Gasteiger partial charge in [-0.15, -0.1) is 0 Å². The van der Waals surface area contributed by atoms with Crippen LogP contribution in [-0.2, 0) is 21.2 Å². The van der Waals surface area contributed by atoms with Crippen LogP contribution in [0.15, 0.2) is 47.4 Å². The van der Waals surface area contributed by atoms with E-state index in [1.54, 1.807) is 4.90 Å².